The Morgan fingerprint density at radius 2 is 1.88 bits per heavy atom. The lowest BCUT2D eigenvalue weighted by Gasteiger charge is -2.19. The van der Waals surface area contributed by atoms with Gasteiger partial charge in [0.1, 0.15) is 17.9 Å². The normalized spacial score (nSPS) is 16.1. The fraction of sp³-hybridized carbons (Fsp3) is 0.192. The van der Waals surface area contributed by atoms with Gasteiger partial charge in [-0.25, -0.2) is 9.37 Å². The van der Waals surface area contributed by atoms with E-state index in [1.807, 2.05) is 12.1 Å². The maximum Gasteiger partial charge on any atom is 0.343 e. The maximum atomic E-state index is 13.6. The molecule has 170 valence electrons. The quantitative estimate of drug-likeness (QED) is 0.266. The molecule has 1 aliphatic rings. The summed E-state index contributed by atoms with van der Waals surface area (Å²) >= 11 is -1.31. The first-order chi connectivity index (χ1) is 16.6. The molecule has 6 nitrogen and oxygen atoms in total. The number of hydrogen-bond acceptors (Lipinski definition) is 4. The molecule has 0 saturated carbocycles. The van der Waals surface area contributed by atoms with Crippen molar-refractivity contribution in [1.29, 1.82) is 0 Å². The van der Waals surface area contributed by atoms with E-state index in [1.54, 1.807) is 24.6 Å². The van der Waals surface area contributed by atoms with Crippen LogP contribution in [0.2, 0.25) is 0 Å². The second-order valence-electron chi connectivity index (χ2n) is 8.50. The highest BCUT2D eigenvalue weighted by atomic mass is 32.2. The number of aromatic nitrogens is 5. The van der Waals surface area contributed by atoms with Gasteiger partial charge < -0.3 is 13.7 Å². The van der Waals surface area contributed by atoms with E-state index < -0.39 is 11.2 Å². The first-order valence-corrected chi connectivity index (χ1v) is 12.7. The summed E-state index contributed by atoms with van der Waals surface area (Å²) < 4.78 is 30.3. The monoisotopic (exact) mass is 471 g/mol. The summed E-state index contributed by atoms with van der Waals surface area (Å²) in [6.45, 7) is 0.796. The van der Waals surface area contributed by atoms with Crippen molar-refractivity contribution >= 4 is 22.1 Å². The summed E-state index contributed by atoms with van der Waals surface area (Å²) in [4.78, 5) is 13.8. The Morgan fingerprint density at radius 1 is 1.06 bits per heavy atom. The van der Waals surface area contributed by atoms with E-state index in [1.165, 1.54) is 23.0 Å². The molecule has 0 N–H and O–H groups in total. The smallest absolute Gasteiger partial charge is 0.343 e. The van der Waals surface area contributed by atoms with Crippen molar-refractivity contribution < 1.29 is 8.94 Å². The van der Waals surface area contributed by atoms with Crippen LogP contribution in [0.3, 0.4) is 0 Å². The third-order valence-electron chi connectivity index (χ3n) is 6.39. The van der Waals surface area contributed by atoms with Gasteiger partial charge >= 0.3 is 5.16 Å². The number of imidazole rings is 1. The number of nitrogens with zero attached hydrogens (tertiary/aromatic N) is 5. The number of para-hydroxylation sites is 1. The topological polar surface area (TPSA) is 71.6 Å². The molecule has 5 aromatic rings. The Balaban J connectivity index is 1.50. The minimum Gasteiger partial charge on any atom is -0.609 e. The van der Waals surface area contributed by atoms with E-state index in [-0.39, 0.29) is 17.0 Å². The van der Waals surface area contributed by atoms with Crippen molar-refractivity contribution in [2.24, 2.45) is 0 Å². The maximum absolute atomic E-state index is 13.6. The SMILES string of the molecule is C[S+]([O-])c1nccc(-c2c(-c3ccc(F)cc3)nc3n2[C@H](Cn2ccc4ccccc42)CC3)n1. The third-order valence-corrected chi connectivity index (χ3v) is 7.10. The van der Waals surface area contributed by atoms with Gasteiger partial charge in [-0.05, 0) is 54.3 Å². The molecule has 1 unspecified atom stereocenters. The molecule has 0 amide bonds. The molecule has 6 rings (SSSR count). The van der Waals surface area contributed by atoms with E-state index >= 15 is 0 Å². The molecule has 2 aromatic carbocycles. The predicted molar refractivity (Wildman–Crippen MR) is 130 cm³/mol. The van der Waals surface area contributed by atoms with Gasteiger partial charge in [0.15, 0.2) is 0 Å². The molecule has 0 fully saturated rings. The van der Waals surface area contributed by atoms with Crippen molar-refractivity contribution in [3.63, 3.8) is 0 Å². The second kappa shape index (κ2) is 8.38. The van der Waals surface area contributed by atoms with Crippen LogP contribution >= 0.6 is 0 Å². The lowest BCUT2D eigenvalue weighted by molar-refractivity contribution is 0.459. The minimum absolute atomic E-state index is 0.174. The summed E-state index contributed by atoms with van der Waals surface area (Å²) in [6.07, 6.45) is 7.14. The van der Waals surface area contributed by atoms with E-state index in [9.17, 15) is 8.94 Å². The number of aryl methyl sites for hydroxylation is 1. The van der Waals surface area contributed by atoms with E-state index in [2.05, 4.69) is 49.6 Å². The molecule has 4 heterocycles. The largest absolute Gasteiger partial charge is 0.609 e. The van der Waals surface area contributed by atoms with Gasteiger partial charge in [-0.15, -0.1) is 0 Å². The number of benzene rings is 2. The van der Waals surface area contributed by atoms with E-state index in [0.29, 0.717) is 5.69 Å². The van der Waals surface area contributed by atoms with Crippen LogP contribution in [0.4, 0.5) is 4.39 Å². The highest BCUT2D eigenvalue weighted by Gasteiger charge is 2.31. The number of halogens is 1. The molecular weight excluding hydrogens is 449 g/mol. The van der Waals surface area contributed by atoms with Gasteiger partial charge in [0.2, 0.25) is 0 Å². The van der Waals surface area contributed by atoms with Crippen LogP contribution in [0.1, 0.15) is 18.3 Å². The molecule has 0 radical (unpaired) electrons. The van der Waals surface area contributed by atoms with Gasteiger partial charge in [0.05, 0.1) is 23.1 Å². The summed E-state index contributed by atoms with van der Waals surface area (Å²) in [5.74, 6) is 0.689. The van der Waals surface area contributed by atoms with Crippen molar-refractivity contribution in [2.45, 2.75) is 30.6 Å². The van der Waals surface area contributed by atoms with E-state index in [0.717, 1.165) is 42.2 Å². The Bertz CT molecular complexity index is 1490. The summed E-state index contributed by atoms with van der Waals surface area (Å²) in [7, 11) is 0. The molecule has 34 heavy (non-hydrogen) atoms. The lowest BCUT2D eigenvalue weighted by Crippen LogP contribution is -2.14. The molecule has 0 aliphatic carbocycles. The van der Waals surface area contributed by atoms with E-state index in [4.69, 9.17) is 4.98 Å². The zero-order chi connectivity index (χ0) is 23.2. The number of fused-ring (bicyclic) bond motifs is 2. The first-order valence-electron chi connectivity index (χ1n) is 11.2. The summed E-state index contributed by atoms with van der Waals surface area (Å²) in [5.41, 5.74) is 4.30. The van der Waals surface area contributed by atoms with Crippen LogP contribution in [0, 0.1) is 5.82 Å². The van der Waals surface area contributed by atoms with Gasteiger partial charge in [0.25, 0.3) is 0 Å². The van der Waals surface area contributed by atoms with Crippen LogP contribution in [0.25, 0.3) is 33.5 Å². The van der Waals surface area contributed by atoms with Crippen LogP contribution < -0.4 is 0 Å². The third kappa shape index (κ3) is 3.59. The van der Waals surface area contributed by atoms with Crippen LogP contribution in [0.15, 0.2) is 78.2 Å². The van der Waals surface area contributed by atoms with Crippen LogP contribution in [-0.2, 0) is 24.1 Å². The molecular formula is C26H22FN5OS. The van der Waals surface area contributed by atoms with Gasteiger partial charge in [-0.1, -0.05) is 18.2 Å². The molecule has 1 aliphatic heterocycles. The average Bonchev–Trinajstić information content (AvgIpc) is 3.54. The van der Waals surface area contributed by atoms with Crippen molar-refractivity contribution in [1.82, 2.24) is 24.1 Å². The second-order valence-corrected chi connectivity index (χ2v) is 9.77. The predicted octanol–water partition coefficient (Wildman–Crippen LogP) is 5.03. The van der Waals surface area contributed by atoms with Crippen molar-refractivity contribution in [2.75, 3.05) is 6.26 Å². The highest BCUT2D eigenvalue weighted by molar-refractivity contribution is 7.90. The molecule has 0 bridgehead atoms. The summed E-state index contributed by atoms with van der Waals surface area (Å²) in [6, 6.07) is 18.9. The fourth-order valence-electron chi connectivity index (χ4n) is 4.84. The van der Waals surface area contributed by atoms with Crippen molar-refractivity contribution in [3.05, 3.63) is 84.7 Å². The molecule has 0 saturated heterocycles. The Kier molecular flexibility index (Phi) is 5.19. The molecule has 8 heteroatoms. The first kappa shape index (κ1) is 21.1. The summed E-state index contributed by atoms with van der Waals surface area (Å²) in [5, 5.41) is 1.49. The van der Waals surface area contributed by atoms with Crippen molar-refractivity contribution in [3.8, 4) is 22.6 Å². The fourth-order valence-corrected chi connectivity index (χ4v) is 5.27. The zero-order valence-corrected chi connectivity index (χ0v) is 19.4. The Hall–Kier alpha value is -3.49. The minimum atomic E-state index is -1.31. The molecule has 2 atom stereocenters. The lowest BCUT2D eigenvalue weighted by atomic mass is 10.1. The average molecular weight is 472 g/mol. The molecule has 0 spiro atoms. The standard InChI is InChI=1S/C26H22FN5OS/c1-34(33)26-28-14-12-21(29-26)25-24(18-6-8-19(27)9-7-18)30-23-11-10-20(32(23)25)16-31-15-13-17-4-2-3-5-22(17)31/h2-9,12-15,20H,10-11,16H2,1H3/t20-,34?/m0/s1. The highest BCUT2D eigenvalue weighted by Crippen LogP contribution is 2.40. The van der Waals surface area contributed by atoms with Crippen LogP contribution in [-0.4, -0.2) is 34.9 Å². The Labute approximate surface area is 199 Å². The zero-order valence-electron chi connectivity index (χ0n) is 18.6. The van der Waals surface area contributed by atoms with Gasteiger partial charge in [-0.2, -0.15) is 9.97 Å². The number of rotatable bonds is 5. The Morgan fingerprint density at radius 3 is 2.71 bits per heavy atom. The van der Waals surface area contributed by atoms with Crippen LogP contribution in [0.5, 0.6) is 0 Å². The molecule has 3 aromatic heterocycles. The van der Waals surface area contributed by atoms with Gasteiger partial charge in [-0.3, -0.25) is 0 Å². The number of hydrogen-bond donors (Lipinski definition) is 0. The van der Waals surface area contributed by atoms with Gasteiger partial charge in [0, 0.05) is 47.6 Å².